The molecular weight excluding hydrogens is 693 g/mol. The molecule has 0 unspecified atom stereocenters. The van der Waals surface area contributed by atoms with E-state index in [1.807, 2.05) is 12.1 Å². The number of nitrogens with zero attached hydrogens (tertiary/aromatic N) is 2. The molecule has 57 heavy (non-hydrogen) atoms. The molecule has 0 amide bonds. The summed E-state index contributed by atoms with van der Waals surface area (Å²) >= 11 is 0. The van der Waals surface area contributed by atoms with Crippen molar-refractivity contribution in [1.29, 1.82) is 0 Å². The minimum Gasteiger partial charge on any atom is -0.456 e. The van der Waals surface area contributed by atoms with Crippen molar-refractivity contribution in [3.63, 3.8) is 0 Å². The zero-order chi connectivity index (χ0) is 37.5. The van der Waals surface area contributed by atoms with Crippen LogP contribution in [0.15, 0.2) is 211 Å². The number of aromatic nitrogens is 2. The third-order valence-corrected chi connectivity index (χ3v) is 11.7. The molecule has 3 heteroatoms. The van der Waals surface area contributed by atoms with Crippen molar-refractivity contribution in [2.45, 2.75) is 0 Å². The van der Waals surface area contributed by atoms with Gasteiger partial charge < -0.3 is 13.6 Å². The first-order valence-corrected chi connectivity index (χ1v) is 19.5. The van der Waals surface area contributed by atoms with Gasteiger partial charge in [-0.3, -0.25) is 0 Å². The standard InChI is InChI=1S/C54H34N2O/c1-2-17-39(18-3-1)55-47-25-7-4-20-43(47)44-31-30-38(34-50(44)55)41-23-12-27-49-53(41)45-21-5-8-26-48(45)56(49)40-19-11-15-36(33-40)35-14-10-16-37(32-35)42-24-13-29-52-54(42)46-22-6-9-28-51(46)57-52/h1-34H. The largest absolute Gasteiger partial charge is 0.456 e. The molecule has 0 atom stereocenters. The normalized spacial score (nSPS) is 11.9. The molecule has 0 fully saturated rings. The van der Waals surface area contributed by atoms with E-state index in [1.54, 1.807) is 0 Å². The van der Waals surface area contributed by atoms with E-state index in [4.69, 9.17) is 4.42 Å². The van der Waals surface area contributed by atoms with Gasteiger partial charge in [0.15, 0.2) is 0 Å². The summed E-state index contributed by atoms with van der Waals surface area (Å²) in [5.41, 5.74) is 16.0. The van der Waals surface area contributed by atoms with Crippen LogP contribution in [0.4, 0.5) is 0 Å². The van der Waals surface area contributed by atoms with Crippen LogP contribution in [0.25, 0.3) is 110 Å². The third-order valence-electron chi connectivity index (χ3n) is 11.7. The van der Waals surface area contributed by atoms with E-state index in [0.29, 0.717) is 0 Å². The summed E-state index contributed by atoms with van der Waals surface area (Å²) < 4.78 is 11.1. The van der Waals surface area contributed by atoms with Gasteiger partial charge in [0.25, 0.3) is 0 Å². The molecular formula is C54H34N2O. The van der Waals surface area contributed by atoms with Crippen molar-refractivity contribution in [1.82, 2.24) is 9.13 Å². The maximum absolute atomic E-state index is 6.24. The first-order valence-electron chi connectivity index (χ1n) is 19.5. The van der Waals surface area contributed by atoms with E-state index in [9.17, 15) is 0 Å². The molecule has 0 spiro atoms. The molecule has 3 nitrogen and oxygen atoms in total. The smallest absolute Gasteiger partial charge is 0.136 e. The predicted octanol–water partition coefficient (Wildman–Crippen LogP) is 14.8. The quantitative estimate of drug-likeness (QED) is 0.173. The van der Waals surface area contributed by atoms with Gasteiger partial charge in [-0.15, -0.1) is 0 Å². The molecule has 0 saturated carbocycles. The van der Waals surface area contributed by atoms with Crippen molar-refractivity contribution in [3.05, 3.63) is 206 Å². The summed E-state index contributed by atoms with van der Waals surface area (Å²) in [5, 5.41) is 7.29. The van der Waals surface area contributed by atoms with Crippen LogP contribution in [0.3, 0.4) is 0 Å². The second-order valence-corrected chi connectivity index (χ2v) is 14.9. The second kappa shape index (κ2) is 12.5. The Morgan fingerprint density at radius 3 is 1.68 bits per heavy atom. The maximum atomic E-state index is 6.24. The van der Waals surface area contributed by atoms with Crippen LogP contribution in [-0.2, 0) is 0 Å². The maximum Gasteiger partial charge on any atom is 0.136 e. The fraction of sp³-hybridized carbons (Fsp3) is 0. The highest BCUT2D eigenvalue weighted by Crippen LogP contribution is 2.42. The Kier molecular flexibility index (Phi) is 6.93. The lowest BCUT2D eigenvalue weighted by atomic mass is 9.96. The first kappa shape index (κ1) is 31.7. The molecule has 0 bridgehead atoms. The van der Waals surface area contributed by atoms with Gasteiger partial charge in [0, 0.05) is 43.7 Å². The molecule has 0 aliphatic heterocycles. The topological polar surface area (TPSA) is 23.0 Å². The first-order chi connectivity index (χ1) is 28.3. The predicted molar refractivity (Wildman–Crippen MR) is 239 cm³/mol. The molecule has 0 saturated heterocycles. The Balaban J connectivity index is 1.02. The summed E-state index contributed by atoms with van der Waals surface area (Å²) in [7, 11) is 0. The molecule has 0 N–H and O–H groups in total. The number of benzene rings is 9. The van der Waals surface area contributed by atoms with E-state index >= 15 is 0 Å². The van der Waals surface area contributed by atoms with Gasteiger partial charge in [-0.1, -0.05) is 140 Å². The van der Waals surface area contributed by atoms with Gasteiger partial charge in [-0.2, -0.15) is 0 Å². The van der Waals surface area contributed by atoms with Crippen LogP contribution in [-0.4, -0.2) is 9.13 Å². The van der Waals surface area contributed by atoms with Crippen molar-refractivity contribution in [3.8, 4) is 44.8 Å². The Hall–Kier alpha value is -7.62. The zero-order valence-electron chi connectivity index (χ0n) is 30.9. The van der Waals surface area contributed by atoms with E-state index in [2.05, 4.69) is 203 Å². The van der Waals surface area contributed by atoms with E-state index in [0.717, 1.165) is 33.3 Å². The number of para-hydroxylation sites is 4. The van der Waals surface area contributed by atoms with Gasteiger partial charge >= 0.3 is 0 Å². The van der Waals surface area contributed by atoms with Crippen molar-refractivity contribution in [2.24, 2.45) is 0 Å². The molecule has 9 aromatic carbocycles. The Bertz CT molecular complexity index is 3530. The minimum absolute atomic E-state index is 0.908. The monoisotopic (exact) mass is 726 g/mol. The van der Waals surface area contributed by atoms with Crippen LogP contribution < -0.4 is 0 Å². The third kappa shape index (κ3) is 4.86. The van der Waals surface area contributed by atoms with Crippen LogP contribution in [0, 0.1) is 0 Å². The lowest BCUT2D eigenvalue weighted by molar-refractivity contribution is 0.669. The van der Waals surface area contributed by atoms with E-state index in [-0.39, 0.29) is 0 Å². The number of rotatable bonds is 5. The number of hydrogen-bond donors (Lipinski definition) is 0. The second-order valence-electron chi connectivity index (χ2n) is 14.9. The lowest BCUT2D eigenvalue weighted by Crippen LogP contribution is -1.94. The Morgan fingerprint density at radius 1 is 0.281 bits per heavy atom. The Labute approximate surface area is 328 Å². The van der Waals surface area contributed by atoms with Gasteiger partial charge in [0.2, 0.25) is 0 Å². The average Bonchev–Trinajstić information content (AvgIpc) is 3.94. The Morgan fingerprint density at radius 2 is 0.825 bits per heavy atom. The van der Waals surface area contributed by atoms with Gasteiger partial charge in [0.05, 0.1) is 22.1 Å². The SMILES string of the molecule is c1ccc(-n2c3ccccc3c3ccc(-c4cccc5c4c4ccccc4n5-c4cccc(-c5cccc(-c6cccc7oc8ccccc8c67)c5)c4)cc32)cc1. The number of furan rings is 1. The summed E-state index contributed by atoms with van der Waals surface area (Å²) in [6.07, 6.45) is 0. The molecule has 0 aliphatic rings. The minimum atomic E-state index is 0.908. The van der Waals surface area contributed by atoms with Gasteiger partial charge in [-0.05, 0) is 100 Å². The fourth-order valence-corrected chi connectivity index (χ4v) is 9.24. The molecule has 3 heterocycles. The molecule has 266 valence electrons. The van der Waals surface area contributed by atoms with Crippen molar-refractivity contribution < 1.29 is 4.42 Å². The molecule has 0 aliphatic carbocycles. The van der Waals surface area contributed by atoms with Crippen LogP contribution in [0.2, 0.25) is 0 Å². The lowest BCUT2D eigenvalue weighted by Gasteiger charge is -2.12. The summed E-state index contributed by atoms with van der Waals surface area (Å²) in [5.74, 6) is 0. The van der Waals surface area contributed by atoms with Gasteiger partial charge in [0.1, 0.15) is 11.2 Å². The van der Waals surface area contributed by atoms with Crippen LogP contribution in [0.1, 0.15) is 0 Å². The highest BCUT2D eigenvalue weighted by atomic mass is 16.3. The van der Waals surface area contributed by atoms with E-state index < -0.39 is 0 Å². The summed E-state index contributed by atoms with van der Waals surface area (Å²) in [4.78, 5) is 0. The number of fused-ring (bicyclic) bond motifs is 9. The highest BCUT2D eigenvalue weighted by Gasteiger charge is 2.19. The number of hydrogen-bond acceptors (Lipinski definition) is 1. The van der Waals surface area contributed by atoms with Crippen LogP contribution >= 0.6 is 0 Å². The fourth-order valence-electron chi connectivity index (χ4n) is 9.24. The average molecular weight is 727 g/mol. The van der Waals surface area contributed by atoms with Gasteiger partial charge in [-0.25, -0.2) is 0 Å². The zero-order valence-corrected chi connectivity index (χ0v) is 30.9. The molecule has 12 aromatic rings. The molecule has 3 aromatic heterocycles. The van der Waals surface area contributed by atoms with Crippen LogP contribution in [0.5, 0.6) is 0 Å². The van der Waals surface area contributed by atoms with E-state index in [1.165, 1.54) is 77.0 Å². The summed E-state index contributed by atoms with van der Waals surface area (Å²) in [6.45, 7) is 0. The highest BCUT2D eigenvalue weighted by molar-refractivity contribution is 6.17. The molecule has 12 rings (SSSR count). The van der Waals surface area contributed by atoms with Crippen molar-refractivity contribution >= 4 is 65.6 Å². The summed E-state index contributed by atoms with van der Waals surface area (Å²) in [6, 6.07) is 74.5. The molecule has 0 radical (unpaired) electrons. The van der Waals surface area contributed by atoms with Crippen molar-refractivity contribution in [2.75, 3.05) is 0 Å².